The molecule has 0 radical (unpaired) electrons. The summed E-state index contributed by atoms with van der Waals surface area (Å²) in [6, 6.07) is 0. The van der Waals surface area contributed by atoms with Crippen LogP contribution in [-0.2, 0) is 4.79 Å². The van der Waals surface area contributed by atoms with Crippen molar-refractivity contribution in [1.29, 1.82) is 0 Å². The first kappa shape index (κ1) is 20.5. The lowest BCUT2D eigenvalue weighted by molar-refractivity contribution is -0.132. The molecule has 0 saturated carbocycles. The summed E-state index contributed by atoms with van der Waals surface area (Å²) in [4.78, 5) is 13.4. The molecule has 0 bridgehead atoms. The highest BCUT2D eigenvalue weighted by molar-refractivity contribution is 5.77. The van der Waals surface area contributed by atoms with Gasteiger partial charge in [0.05, 0.1) is 0 Å². The third-order valence-electron chi connectivity index (χ3n) is 4.35. The molecule has 0 aromatic rings. The molecule has 0 N–H and O–H groups in total. The van der Waals surface area contributed by atoms with E-state index in [1.807, 2.05) is 14.1 Å². The van der Waals surface area contributed by atoms with Gasteiger partial charge < -0.3 is 4.90 Å². The molecule has 0 saturated heterocycles. The molecule has 0 aliphatic heterocycles. The Balaban J connectivity index is 3.21. The second kappa shape index (κ2) is 14.4. The van der Waals surface area contributed by atoms with Gasteiger partial charge in [0.2, 0.25) is 5.91 Å². The number of hydrogen-bond donors (Lipinski definition) is 0. The van der Waals surface area contributed by atoms with E-state index >= 15 is 0 Å². The van der Waals surface area contributed by atoms with Crippen molar-refractivity contribution < 1.29 is 4.79 Å². The van der Waals surface area contributed by atoms with Gasteiger partial charge in [-0.3, -0.25) is 4.79 Å². The van der Waals surface area contributed by atoms with Crippen LogP contribution in [0.5, 0.6) is 0 Å². The van der Waals surface area contributed by atoms with Crippen LogP contribution in [0.25, 0.3) is 0 Å². The Labute approximate surface area is 133 Å². The van der Waals surface area contributed by atoms with E-state index < -0.39 is 0 Å². The molecule has 0 aromatic carbocycles. The lowest BCUT2D eigenvalue weighted by atomic mass is 10.0. The SMILES string of the molecule is CCCCCCCCCCCCCCC(C)C(=O)N(C)C. The largest absolute Gasteiger partial charge is 0.349 e. The Hall–Kier alpha value is -0.530. The fourth-order valence-electron chi connectivity index (χ4n) is 2.86. The van der Waals surface area contributed by atoms with Gasteiger partial charge in [-0.15, -0.1) is 0 Å². The van der Waals surface area contributed by atoms with E-state index in [-0.39, 0.29) is 11.8 Å². The first-order valence-electron chi connectivity index (χ1n) is 9.30. The van der Waals surface area contributed by atoms with Crippen LogP contribution in [0.15, 0.2) is 0 Å². The minimum absolute atomic E-state index is 0.197. The second-order valence-electron chi connectivity index (χ2n) is 6.81. The Morgan fingerprint density at radius 1 is 0.762 bits per heavy atom. The van der Waals surface area contributed by atoms with E-state index in [1.165, 1.54) is 77.0 Å². The lowest BCUT2D eigenvalue weighted by Crippen LogP contribution is -2.27. The fourth-order valence-corrected chi connectivity index (χ4v) is 2.86. The number of carbonyl (C=O) groups is 1. The van der Waals surface area contributed by atoms with Crippen LogP contribution in [0.2, 0.25) is 0 Å². The Morgan fingerprint density at radius 3 is 1.52 bits per heavy atom. The smallest absolute Gasteiger partial charge is 0.224 e. The molecule has 0 spiro atoms. The summed E-state index contributed by atoms with van der Waals surface area (Å²) < 4.78 is 0. The van der Waals surface area contributed by atoms with Gasteiger partial charge in [0, 0.05) is 20.0 Å². The van der Waals surface area contributed by atoms with Crippen molar-refractivity contribution in [3.05, 3.63) is 0 Å². The third-order valence-corrected chi connectivity index (χ3v) is 4.35. The van der Waals surface area contributed by atoms with Crippen molar-refractivity contribution >= 4 is 5.91 Å². The van der Waals surface area contributed by atoms with E-state index in [0.717, 1.165) is 6.42 Å². The van der Waals surface area contributed by atoms with Gasteiger partial charge in [0.15, 0.2) is 0 Å². The van der Waals surface area contributed by atoms with Crippen molar-refractivity contribution in [2.75, 3.05) is 14.1 Å². The highest BCUT2D eigenvalue weighted by Gasteiger charge is 2.13. The molecule has 1 unspecified atom stereocenters. The summed E-state index contributed by atoms with van der Waals surface area (Å²) in [5.41, 5.74) is 0. The van der Waals surface area contributed by atoms with E-state index in [9.17, 15) is 4.79 Å². The molecule has 2 nitrogen and oxygen atoms in total. The zero-order valence-corrected chi connectivity index (χ0v) is 15.1. The van der Waals surface area contributed by atoms with E-state index in [4.69, 9.17) is 0 Å². The summed E-state index contributed by atoms with van der Waals surface area (Å²) in [5.74, 6) is 0.473. The minimum Gasteiger partial charge on any atom is -0.349 e. The predicted octanol–water partition coefficient (Wildman–Crippen LogP) is 5.80. The number of nitrogens with zero attached hydrogens (tertiary/aromatic N) is 1. The monoisotopic (exact) mass is 297 g/mol. The van der Waals surface area contributed by atoms with Crippen molar-refractivity contribution in [2.24, 2.45) is 5.92 Å². The highest BCUT2D eigenvalue weighted by Crippen LogP contribution is 2.15. The summed E-state index contributed by atoms with van der Waals surface area (Å²) in [5, 5.41) is 0. The molecule has 0 aliphatic carbocycles. The maximum atomic E-state index is 11.7. The van der Waals surface area contributed by atoms with Crippen molar-refractivity contribution in [1.82, 2.24) is 4.90 Å². The number of hydrogen-bond acceptors (Lipinski definition) is 1. The molecule has 2 heteroatoms. The number of unbranched alkanes of at least 4 members (excludes halogenated alkanes) is 11. The number of amides is 1. The molecule has 0 aliphatic rings. The average Bonchev–Trinajstić information content (AvgIpc) is 2.47. The summed E-state index contributed by atoms with van der Waals surface area (Å²) >= 11 is 0. The summed E-state index contributed by atoms with van der Waals surface area (Å²) in [7, 11) is 3.70. The standard InChI is InChI=1S/C19H39NO/c1-5-6-7-8-9-10-11-12-13-14-15-16-17-18(2)19(21)20(3)4/h18H,5-17H2,1-4H3. The van der Waals surface area contributed by atoms with Crippen LogP contribution in [0.4, 0.5) is 0 Å². The average molecular weight is 298 g/mol. The fraction of sp³-hybridized carbons (Fsp3) is 0.947. The topological polar surface area (TPSA) is 20.3 Å². The molecule has 0 fully saturated rings. The van der Waals surface area contributed by atoms with Crippen LogP contribution >= 0.6 is 0 Å². The summed E-state index contributed by atoms with van der Waals surface area (Å²) in [6.07, 6.45) is 17.6. The first-order chi connectivity index (χ1) is 10.1. The van der Waals surface area contributed by atoms with Crippen molar-refractivity contribution in [2.45, 2.75) is 97.3 Å². The third kappa shape index (κ3) is 12.9. The molecule has 0 rings (SSSR count). The molecule has 126 valence electrons. The normalized spacial score (nSPS) is 12.4. The Kier molecular flexibility index (Phi) is 14.0. The zero-order chi connectivity index (χ0) is 15.9. The highest BCUT2D eigenvalue weighted by atomic mass is 16.2. The van der Waals surface area contributed by atoms with Crippen molar-refractivity contribution in [3.63, 3.8) is 0 Å². The van der Waals surface area contributed by atoms with E-state index in [2.05, 4.69) is 13.8 Å². The van der Waals surface area contributed by atoms with Gasteiger partial charge >= 0.3 is 0 Å². The van der Waals surface area contributed by atoms with Gasteiger partial charge in [0.1, 0.15) is 0 Å². The number of carbonyl (C=O) groups excluding carboxylic acids is 1. The van der Waals surface area contributed by atoms with Crippen LogP contribution < -0.4 is 0 Å². The molecule has 1 atom stereocenters. The van der Waals surface area contributed by atoms with Gasteiger partial charge in [0.25, 0.3) is 0 Å². The van der Waals surface area contributed by atoms with Gasteiger partial charge in [-0.2, -0.15) is 0 Å². The van der Waals surface area contributed by atoms with Gasteiger partial charge in [-0.25, -0.2) is 0 Å². The van der Waals surface area contributed by atoms with Crippen molar-refractivity contribution in [3.8, 4) is 0 Å². The predicted molar refractivity (Wildman–Crippen MR) is 93.6 cm³/mol. The first-order valence-corrected chi connectivity index (χ1v) is 9.30. The maximum Gasteiger partial charge on any atom is 0.224 e. The quantitative estimate of drug-likeness (QED) is 0.371. The van der Waals surface area contributed by atoms with Crippen LogP contribution in [0.3, 0.4) is 0 Å². The van der Waals surface area contributed by atoms with E-state index in [1.54, 1.807) is 4.90 Å². The molecule has 21 heavy (non-hydrogen) atoms. The lowest BCUT2D eigenvalue weighted by Gasteiger charge is -2.16. The van der Waals surface area contributed by atoms with E-state index in [0.29, 0.717) is 0 Å². The molecule has 0 aromatic heterocycles. The van der Waals surface area contributed by atoms with Crippen LogP contribution in [-0.4, -0.2) is 24.9 Å². The zero-order valence-electron chi connectivity index (χ0n) is 15.1. The Morgan fingerprint density at radius 2 is 1.14 bits per heavy atom. The van der Waals surface area contributed by atoms with Gasteiger partial charge in [-0.1, -0.05) is 90.9 Å². The maximum absolute atomic E-state index is 11.7. The Bertz CT molecular complexity index is 238. The van der Waals surface area contributed by atoms with Crippen LogP contribution in [0, 0.1) is 5.92 Å². The molecule has 1 amide bonds. The number of rotatable bonds is 14. The van der Waals surface area contributed by atoms with Crippen LogP contribution in [0.1, 0.15) is 97.3 Å². The molecule has 0 heterocycles. The minimum atomic E-state index is 0.197. The van der Waals surface area contributed by atoms with Gasteiger partial charge in [-0.05, 0) is 6.42 Å². The summed E-state index contributed by atoms with van der Waals surface area (Å²) in [6.45, 7) is 4.33. The molecular weight excluding hydrogens is 258 g/mol. The second-order valence-corrected chi connectivity index (χ2v) is 6.81. The molecular formula is C19H39NO.